The molecule has 3 rings (SSSR count). The second-order valence-electron chi connectivity index (χ2n) is 4.10. The third-order valence-electron chi connectivity index (χ3n) is 2.85. The van der Waals surface area contributed by atoms with Crippen molar-refractivity contribution in [3.63, 3.8) is 0 Å². The van der Waals surface area contributed by atoms with Gasteiger partial charge in [-0.1, -0.05) is 6.07 Å². The van der Waals surface area contributed by atoms with Gasteiger partial charge >= 0.3 is 0 Å². The van der Waals surface area contributed by atoms with Crippen molar-refractivity contribution in [1.29, 1.82) is 0 Å². The van der Waals surface area contributed by atoms with Gasteiger partial charge in [0.2, 0.25) is 5.88 Å². The molecule has 0 aliphatic carbocycles. The minimum atomic E-state index is -0.243. The number of hydrogen-bond acceptors (Lipinski definition) is 4. The third kappa shape index (κ3) is 2.01. The summed E-state index contributed by atoms with van der Waals surface area (Å²) in [7, 11) is 0. The molecular weight excluding hydrogens is 276 g/mol. The minimum Gasteiger partial charge on any atom is -0.478 e. The van der Waals surface area contributed by atoms with Gasteiger partial charge in [-0.3, -0.25) is 14.3 Å². The maximum Gasteiger partial charge on any atom is 0.276 e. The van der Waals surface area contributed by atoms with Crippen LogP contribution in [0.1, 0.15) is 6.92 Å². The van der Waals surface area contributed by atoms with E-state index in [2.05, 4.69) is 15.0 Å². The Morgan fingerprint density at radius 3 is 3.05 bits per heavy atom. The molecule has 0 atom stereocenters. The molecule has 0 radical (unpaired) electrons. The van der Waals surface area contributed by atoms with E-state index in [0.717, 1.165) is 0 Å². The van der Waals surface area contributed by atoms with Crippen molar-refractivity contribution < 1.29 is 4.74 Å². The minimum absolute atomic E-state index is 0.243. The van der Waals surface area contributed by atoms with Crippen LogP contribution in [0.3, 0.4) is 0 Å². The molecule has 3 aromatic rings. The molecule has 102 valence electrons. The molecule has 0 fully saturated rings. The van der Waals surface area contributed by atoms with Crippen LogP contribution in [0.4, 0.5) is 0 Å². The summed E-state index contributed by atoms with van der Waals surface area (Å²) in [5.41, 5.74) is 0.898. The van der Waals surface area contributed by atoms with E-state index >= 15 is 0 Å². The number of pyridine rings is 1. The third-order valence-corrected chi connectivity index (χ3v) is 3.13. The number of nitrogens with zero attached hydrogens (tertiary/aromatic N) is 2. The lowest BCUT2D eigenvalue weighted by Crippen LogP contribution is -2.13. The average molecular weight is 288 g/mol. The van der Waals surface area contributed by atoms with Crippen LogP contribution in [0.15, 0.2) is 35.3 Å². The highest BCUT2D eigenvalue weighted by Crippen LogP contribution is 2.16. The molecule has 0 saturated heterocycles. The van der Waals surface area contributed by atoms with E-state index < -0.39 is 0 Å². The van der Waals surface area contributed by atoms with Gasteiger partial charge in [-0.25, -0.2) is 0 Å². The topological polar surface area (TPSA) is 75.7 Å². The van der Waals surface area contributed by atoms with Gasteiger partial charge in [-0.05, 0) is 31.3 Å². The number of aromatic amines is 2. The SMILES string of the molecule is CCOc1cccc(-n2c(=S)[nH]c(=O)c3[nH]ccc32)n1. The van der Waals surface area contributed by atoms with Crippen LogP contribution < -0.4 is 10.3 Å². The van der Waals surface area contributed by atoms with E-state index in [0.29, 0.717) is 34.1 Å². The summed E-state index contributed by atoms with van der Waals surface area (Å²) < 4.78 is 7.38. The lowest BCUT2D eigenvalue weighted by Gasteiger charge is -2.09. The molecule has 3 heterocycles. The number of rotatable bonds is 3. The number of nitrogens with one attached hydrogen (secondary N) is 2. The van der Waals surface area contributed by atoms with Gasteiger partial charge in [-0.15, -0.1) is 0 Å². The Balaban J connectivity index is 2.29. The quantitative estimate of drug-likeness (QED) is 0.724. The molecule has 0 bridgehead atoms. The van der Waals surface area contributed by atoms with Crippen LogP contribution in [-0.2, 0) is 0 Å². The Morgan fingerprint density at radius 1 is 1.40 bits per heavy atom. The first-order valence-corrected chi connectivity index (χ1v) is 6.54. The molecule has 0 aliphatic rings. The molecule has 20 heavy (non-hydrogen) atoms. The molecule has 0 aromatic carbocycles. The predicted molar refractivity (Wildman–Crippen MR) is 78.0 cm³/mol. The van der Waals surface area contributed by atoms with E-state index in [9.17, 15) is 4.79 Å². The fraction of sp³-hybridized carbons (Fsp3) is 0.154. The average Bonchev–Trinajstić information content (AvgIpc) is 2.89. The van der Waals surface area contributed by atoms with E-state index in [1.807, 2.05) is 19.1 Å². The van der Waals surface area contributed by atoms with E-state index in [1.54, 1.807) is 22.9 Å². The maximum absolute atomic E-state index is 11.8. The van der Waals surface area contributed by atoms with Gasteiger partial charge in [0.05, 0.1) is 12.1 Å². The molecule has 7 heteroatoms. The van der Waals surface area contributed by atoms with Gasteiger partial charge in [0, 0.05) is 12.3 Å². The Labute approximate surface area is 119 Å². The Hall–Kier alpha value is -2.41. The summed E-state index contributed by atoms with van der Waals surface area (Å²) in [4.78, 5) is 21.7. The second-order valence-corrected chi connectivity index (χ2v) is 4.49. The number of fused-ring (bicyclic) bond motifs is 1. The van der Waals surface area contributed by atoms with Gasteiger partial charge in [0.1, 0.15) is 11.3 Å². The van der Waals surface area contributed by atoms with E-state index in [1.165, 1.54) is 0 Å². The molecule has 2 N–H and O–H groups in total. The Kier molecular flexibility index (Phi) is 3.11. The van der Waals surface area contributed by atoms with Crippen LogP contribution >= 0.6 is 12.2 Å². The first kappa shape index (κ1) is 12.6. The highest BCUT2D eigenvalue weighted by molar-refractivity contribution is 7.71. The van der Waals surface area contributed by atoms with Crippen molar-refractivity contribution in [3.05, 3.63) is 45.6 Å². The van der Waals surface area contributed by atoms with Gasteiger partial charge < -0.3 is 9.72 Å². The van der Waals surface area contributed by atoms with Crippen LogP contribution in [0, 0.1) is 4.77 Å². The molecule has 0 saturated carbocycles. The summed E-state index contributed by atoms with van der Waals surface area (Å²) >= 11 is 5.24. The normalized spacial score (nSPS) is 10.8. The number of H-pyrrole nitrogens is 2. The zero-order valence-corrected chi connectivity index (χ0v) is 11.5. The maximum atomic E-state index is 11.8. The lowest BCUT2D eigenvalue weighted by atomic mass is 10.4. The predicted octanol–water partition coefficient (Wildman–Crippen LogP) is 2.17. The van der Waals surface area contributed by atoms with Crippen LogP contribution in [0.5, 0.6) is 5.88 Å². The van der Waals surface area contributed by atoms with Crippen molar-refractivity contribution in [2.45, 2.75) is 6.92 Å². The van der Waals surface area contributed by atoms with Crippen LogP contribution in [0.2, 0.25) is 0 Å². The van der Waals surface area contributed by atoms with Crippen molar-refractivity contribution in [3.8, 4) is 11.7 Å². The Morgan fingerprint density at radius 2 is 2.25 bits per heavy atom. The molecule has 3 aromatic heterocycles. The highest BCUT2D eigenvalue weighted by Gasteiger charge is 2.09. The van der Waals surface area contributed by atoms with Crippen molar-refractivity contribution >= 4 is 23.3 Å². The molecule has 6 nitrogen and oxygen atoms in total. The first-order valence-electron chi connectivity index (χ1n) is 6.13. The summed E-state index contributed by atoms with van der Waals surface area (Å²) in [6.07, 6.45) is 1.69. The molecule has 0 amide bonds. The number of aromatic nitrogens is 4. The van der Waals surface area contributed by atoms with Crippen molar-refractivity contribution in [2.75, 3.05) is 6.61 Å². The molecular formula is C13H12N4O2S. The van der Waals surface area contributed by atoms with Crippen molar-refractivity contribution in [2.24, 2.45) is 0 Å². The second kappa shape index (κ2) is 4.93. The van der Waals surface area contributed by atoms with Gasteiger partial charge in [0.15, 0.2) is 4.77 Å². The fourth-order valence-electron chi connectivity index (χ4n) is 2.04. The summed E-state index contributed by atoms with van der Waals surface area (Å²) in [5.74, 6) is 1.11. The van der Waals surface area contributed by atoms with E-state index in [-0.39, 0.29) is 5.56 Å². The largest absolute Gasteiger partial charge is 0.478 e. The summed E-state index contributed by atoms with van der Waals surface area (Å²) in [6.45, 7) is 2.43. The van der Waals surface area contributed by atoms with Gasteiger partial charge in [0.25, 0.3) is 5.56 Å². The molecule has 0 unspecified atom stereocenters. The van der Waals surface area contributed by atoms with Crippen molar-refractivity contribution in [1.82, 2.24) is 19.5 Å². The van der Waals surface area contributed by atoms with E-state index in [4.69, 9.17) is 17.0 Å². The molecule has 0 aliphatic heterocycles. The first-order chi connectivity index (χ1) is 9.70. The standard InChI is InChI=1S/C13H12N4O2S/c1-2-19-10-5-3-4-9(15-10)17-8-6-7-14-11(8)12(18)16-13(17)20/h3-7,14H,2H2,1H3,(H,16,18,20). The van der Waals surface area contributed by atoms with Crippen LogP contribution in [-0.4, -0.2) is 26.1 Å². The fourth-order valence-corrected chi connectivity index (χ4v) is 2.32. The number of ether oxygens (including phenoxy) is 1. The molecule has 0 spiro atoms. The summed E-state index contributed by atoms with van der Waals surface area (Å²) in [6, 6.07) is 7.20. The van der Waals surface area contributed by atoms with Crippen LogP contribution in [0.25, 0.3) is 16.9 Å². The zero-order chi connectivity index (χ0) is 14.1. The highest BCUT2D eigenvalue weighted by atomic mass is 32.1. The Bertz CT molecular complexity index is 878. The van der Waals surface area contributed by atoms with Gasteiger partial charge in [-0.2, -0.15) is 4.98 Å². The monoisotopic (exact) mass is 288 g/mol. The lowest BCUT2D eigenvalue weighted by molar-refractivity contribution is 0.326. The smallest absolute Gasteiger partial charge is 0.276 e. The number of hydrogen-bond donors (Lipinski definition) is 2. The summed E-state index contributed by atoms with van der Waals surface area (Å²) in [5, 5.41) is 0. The zero-order valence-electron chi connectivity index (χ0n) is 10.7.